The summed E-state index contributed by atoms with van der Waals surface area (Å²) in [5.74, 6) is -1.28. The van der Waals surface area contributed by atoms with Crippen molar-refractivity contribution in [1.82, 2.24) is 4.98 Å². The van der Waals surface area contributed by atoms with Crippen molar-refractivity contribution in [2.45, 2.75) is 13.5 Å². The summed E-state index contributed by atoms with van der Waals surface area (Å²) < 4.78 is 13.2. The van der Waals surface area contributed by atoms with Crippen LogP contribution in [0.25, 0.3) is 0 Å². The highest BCUT2D eigenvalue weighted by atomic mass is 19.1. The van der Waals surface area contributed by atoms with Gasteiger partial charge in [0.1, 0.15) is 5.82 Å². The van der Waals surface area contributed by atoms with Crippen molar-refractivity contribution < 1.29 is 14.3 Å². The zero-order valence-corrected chi connectivity index (χ0v) is 11.1. The van der Waals surface area contributed by atoms with E-state index in [1.165, 1.54) is 24.4 Å². The Balaban J connectivity index is 2.16. The predicted octanol–water partition coefficient (Wildman–Crippen LogP) is 2.95. The Kier molecular flexibility index (Phi) is 4.30. The third-order valence-electron chi connectivity index (χ3n) is 2.98. The highest BCUT2D eigenvalue weighted by Crippen LogP contribution is 2.17. The molecule has 0 aliphatic rings. The lowest BCUT2D eigenvalue weighted by atomic mass is 10.2. The van der Waals surface area contributed by atoms with E-state index < -0.39 is 5.97 Å². The SMILES string of the molecule is CCN(Cc1ccc(C(=O)O)cn1)c1cccc(F)c1. The van der Waals surface area contributed by atoms with Gasteiger partial charge in [0, 0.05) is 18.4 Å². The molecule has 5 heteroatoms. The Morgan fingerprint density at radius 2 is 2.15 bits per heavy atom. The second kappa shape index (κ2) is 6.14. The number of hydrogen-bond acceptors (Lipinski definition) is 3. The lowest BCUT2D eigenvalue weighted by Crippen LogP contribution is -2.22. The summed E-state index contributed by atoms with van der Waals surface area (Å²) >= 11 is 0. The molecule has 4 nitrogen and oxygen atoms in total. The van der Waals surface area contributed by atoms with Crippen LogP contribution in [0.2, 0.25) is 0 Å². The Morgan fingerprint density at radius 1 is 1.35 bits per heavy atom. The number of nitrogens with zero attached hydrogens (tertiary/aromatic N) is 2. The van der Waals surface area contributed by atoms with E-state index in [4.69, 9.17) is 5.11 Å². The van der Waals surface area contributed by atoms with Crippen LogP contribution in [0.1, 0.15) is 23.0 Å². The second-order valence-corrected chi connectivity index (χ2v) is 4.34. The van der Waals surface area contributed by atoms with E-state index in [0.717, 1.165) is 11.4 Å². The lowest BCUT2D eigenvalue weighted by molar-refractivity contribution is 0.0696. The van der Waals surface area contributed by atoms with Crippen molar-refractivity contribution in [3.8, 4) is 0 Å². The fourth-order valence-corrected chi connectivity index (χ4v) is 1.90. The normalized spacial score (nSPS) is 10.3. The van der Waals surface area contributed by atoms with E-state index in [0.29, 0.717) is 13.1 Å². The van der Waals surface area contributed by atoms with Crippen molar-refractivity contribution in [3.05, 3.63) is 59.7 Å². The molecule has 1 aromatic heterocycles. The number of pyridine rings is 1. The first-order valence-electron chi connectivity index (χ1n) is 6.29. The van der Waals surface area contributed by atoms with Crippen LogP contribution in [0.4, 0.5) is 10.1 Å². The molecule has 1 N–H and O–H groups in total. The smallest absolute Gasteiger partial charge is 0.337 e. The Labute approximate surface area is 116 Å². The van der Waals surface area contributed by atoms with Gasteiger partial charge in [0.15, 0.2) is 0 Å². The standard InChI is InChI=1S/C15H15FN2O2/c1-2-18(14-5-3-4-12(16)8-14)10-13-7-6-11(9-17-13)15(19)20/h3-9H,2,10H2,1H3,(H,19,20). The monoisotopic (exact) mass is 274 g/mol. The fourth-order valence-electron chi connectivity index (χ4n) is 1.90. The highest BCUT2D eigenvalue weighted by molar-refractivity contribution is 5.87. The van der Waals surface area contributed by atoms with Gasteiger partial charge in [0.2, 0.25) is 0 Å². The number of rotatable bonds is 5. The van der Waals surface area contributed by atoms with Crippen molar-refractivity contribution in [1.29, 1.82) is 0 Å². The summed E-state index contributed by atoms with van der Waals surface area (Å²) in [6.07, 6.45) is 1.33. The van der Waals surface area contributed by atoms with Gasteiger partial charge in [-0.3, -0.25) is 4.98 Å². The van der Waals surface area contributed by atoms with Gasteiger partial charge >= 0.3 is 5.97 Å². The zero-order chi connectivity index (χ0) is 14.5. The quantitative estimate of drug-likeness (QED) is 0.910. The summed E-state index contributed by atoms with van der Waals surface area (Å²) in [4.78, 5) is 16.8. The van der Waals surface area contributed by atoms with Crippen molar-refractivity contribution in [3.63, 3.8) is 0 Å². The van der Waals surface area contributed by atoms with E-state index in [9.17, 15) is 9.18 Å². The second-order valence-electron chi connectivity index (χ2n) is 4.34. The molecule has 0 unspecified atom stereocenters. The number of halogens is 1. The van der Waals surface area contributed by atoms with Crippen LogP contribution in [-0.2, 0) is 6.54 Å². The third-order valence-corrected chi connectivity index (χ3v) is 2.98. The molecule has 0 amide bonds. The summed E-state index contributed by atoms with van der Waals surface area (Å²) in [6.45, 7) is 3.17. The molecule has 0 bridgehead atoms. The number of anilines is 1. The average molecular weight is 274 g/mol. The molecule has 1 heterocycles. The first kappa shape index (κ1) is 14.0. The van der Waals surface area contributed by atoms with Gasteiger partial charge in [-0.1, -0.05) is 6.07 Å². The summed E-state index contributed by atoms with van der Waals surface area (Å²) in [5, 5.41) is 8.82. The number of carboxylic acids is 1. The first-order valence-corrected chi connectivity index (χ1v) is 6.29. The minimum atomic E-state index is -0.999. The molecule has 0 fully saturated rings. The molecule has 104 valence electrons. The van der Waals surface area contributed by atoms with E-state index in [2.05, 4.69) is 4.98 Å². The molecular formula is C15H15FN2O2. The number of aromatic nitrogens is 1. The molecule has 0 radical (unpaired) electrons. The van der Waals surface area contributed by atoms with Crippen LogP contribution in [-0.4, -0.2) is 22.6 Å². The van der Waals surface area contributed by atoms with Gasteiger partial charge < -0.3 is 10.0 Å². The molecule has 0 saturated carbocycles. The van der Waals surface area contributed by atoms with E-state index in [1.807, 2.05) is 17.9 Å². The molecule has 0 aliphatic heterocycles. The van der Waals surface area contributed by atoms with Gasteiger partial charge in [-0.15, -0.1) is 0 Å². The summed E-state index contributed by atoms with van der Waals surface area (Å²) in [5.41, 5.74) is 1.67. The van der Waals surface area contributed by atoms with E-state index in [-0.39, 0.29) is 11.4 Å². The number of aromatic carboxylic acids is 1. The predicted molar refractivity (Wildman–Crippen MR) is 74.3 cm³/mol. The molecule has 0 saturated heterocycles. The maximum Gasteiger partial charge on any atom is 0.337 e. The van der Waals surface area contributed by atoms with Gasteiger partial charge in [0.05, 0.1) is 17.8 Å². The molecule has 0 atom stereocenters. The average Bonchev–Trinajstić information content (AvgIpc) is 2.45. The Hall–Kier alpha value is -2.43. The van der Waals surface area contributed by atoms with Crippen LogP contribution in [0.5, 0.6) is 0 Å². The third kappa shape index (κ3) is 3.32. The van der Waals surface area contributed by atoms with Gasteiger partial charge in [-0.05, 0) is 37.3 Å². The molecule has 1 aromatic carbocycles. The minimum absolute atomic E-state index is 0.155. The van der Waals surface area contributed by atoms with Gasteiger partial charge in [-0.2, -0.15) is 0 Å². The number of carboxylic acid groups (broad SMARTS) is 1. The lowest BCUT2D eigenvalue weighted by Gasteiger charge is -2.22. The van der Waals surface area contributed by atoms with Crippen LogP contribution < -0.4 is 4.90 Å². The highest BCUT2D eigenvalue weighted by Gasteiger charge is 2.08. The number of hydrogen-bond donors (Lipinski definition) is 1. The molecule has 2 aromatic rings. The van der Waals surface area contributed by atoms with Crippen molar-refractivity contribution in [2.75, 3.05) is 11.4 Å². The molecule has 0 spiro atoms. The van der Waals surface area contributed by atoms with Gasteiger partial charge in [-0.25, -0.2) is 9.18 Å². The largest absolute Gasteiger partial charge is 0.478 e. The van der Waals surface area contributed by atoms with Crippen LogP contribution in [0, 0.1) is 5.82 Å². The van der Waals surface area contributed by atoms with Crippen LogP contribution in [0.3, 0.4) is 0 Å². The number of benzene rings is 1. The minimum Gasteiger partial charge on any atom is -0.478 e. The molecular weight excluding hydrogens is 259 g/mol. The molecule has 20 heavy (non-hydrogen) atoms. The van der Waals surface area contributed by atoms with Crippen LogP contribution in [0.15, 0.2) is 42.6 Å². The maximum absolute atomic E-state index is 13.2. The molecule has 0 aliphatic carbocycles. The van der Waals surface area contributed by atoms with Crippen molar-refractivity contribution >= 4 is 11.7 Å². The first-order chi connectivity index (χ1) is 9.60. The van der Waals surface area contributed by atoms with Crippen molar-refractivity contribution in [2.24, 2.45) is 0 Å². The zero-order valence-electron chi connectivity index (χ0n) is 11.1. The Bertz CT molecular complexity index is 599. The van der Waals surface area contributed by atoms with Crippen LogP contribution >= 0.6 is 0 Å². The molecule has 2 rings (SSSR count). The van der Waals surface area contributed by atoms with E-state index >= 15 is 0 Å². The summed E-state index contributed by atoms with van der Waals surface area (Å²) in [6, 6.07) is 9.55. The topological polar surface area (TPSA) is 53.4 Å². The number of carbonyl (C=O) groups is 1. The fraction of sp³-hybridized carbons (Fsp3) is 0.200. The Morgan fingerprint density at radius 3 is 2.70 bits per heavy atom. The van der Waals surface area contributed by atoms with E-state index in [1.54, 1.807) is 12.1 Å². The van der Waals surface area contributed by atoms with Gasteiger partial charge in [0.25, 0.3) is 0 Å². The summed E-state index contributed by atoms with van der Waals surface area (Å²) in [7, 11) is 0. The maximum atomic E-state index is 13.2.